The van der Waals surface area contributed by atoms with Crippen LogP contribution < -0.4 is 15.6 Å². The maximum Gasteiger partial charge on any atom is 0.416 e. The molecule has 0 aliphatic rings. The van der Waals surface area contributed by atoms with Crippen LogP contribution in [0.2, 0.25) is 5.02 Å². The molecule has 0 saturated heterocycles. The van der Waals surface area contributed by atoms with Crippen LogP contribution in [0.25, 0.3) is 0 Å². The van der Waals surface area contributed by atoms with Gasteiger partial charge in [0.05, 0.1) is 15.5 Å². The lowest BCUT2D eigenvalue weighted by Gasteiger charge is -2.15. The summed E-state index contributed by atoms with van der Waals surface area (Å²) in [7, 11) is 1.40. The number of hydrazine groups is 1. The molecule has 0 saturated carbocycles. The highest BCUT2D eigenvalue weighted by molar-refractivity contribution is 6.32. The molecule has 2 aromatic rings. The summed E-state index contributed by atoms with van der Waals surface area (Å²) in [4.78, 5) is 10.3. The molecule has 0 aromatic heterocycles. The van der Waals surface area contributed by atoms with Crippen molar-refractivity contribution >= 4 is 23.0 Å². The van der Waals surface area contributed by atoms with Gasteiger partial charge in [-0.2, -0.15) is 13.2 Å². The summed E-state index contributed by atoms with van der Waals surface area (Å²) in [5.41, 5.74) is -1.09. The fourth-order valence-electron chi connectivity index (χ4n) is 1.89. The first-order valence-corrected chi connectivity index (χ1v) is 6.79. The number of nitrogens with two attached hydrogens (primary N) is 1. The first-order chi connectivity index (χ1) is 11.1. The highest BCUT2D eigenvalue weighted by atomic mass is 35.5. The maximum absolute atomic E-state index is 12.6. The summed E-state index contributed by atoms with van der Waals surface area (Å²) in [6, 6.07) is 6.37. The fraction of sp³-hybridized carbons (Fsp3) is 0.143. The molecule has 0 aliphatic carbocycles. The van der Waals surface area contributed by atoms with Crippen LogP contribution in [0, 0.1) is 10.1 Å². The first-order valence-electron chi connectivity index (χ1n) is 6.41. The number of hydrogen-bond acceptors (Lipinski definition) is 5. The van der Waals surface area contributed by atoms with E-state index in [1.165, 1.54) is 25.2 Å². The minimum atomic E-state index is -4.52. The van der Waals surface area contributed by atoms with Crippen molar-refractivity contribution < 1.29 is 22.8 Å². The summed E-state index contributed by atoms with van der Waals surface area (Å²) in [6.07, 6.45) is -4.52. The second-order valence-electron chi connectivity index (χ2n) is 4.76. The Bertz CT molecular complexity index is 782. The van der Waals surface area contributed by atoms with Crippen molar-refractivity contribution in [3.63, 3.8) is 0 Å². The molecular formula is C14H11ClF3N3O3. The van der Waals surface area contributed by atoms with Crippen molar-refractivity contribution in [3.8, 4) is 11.5 Å². The smallest absolute Gasteiger partial charge is 0.416 e. The Morgan fingerprint density at radius 1 is 1.25 bits per heavy atom. The van der Waals surface area contributed by atoms with Crippen LogP contribution in [-0.2, 0) is 6.18 Å². The Morgan fingerprint density at radius 3 is 2.42 bits per heavy atom. The number of nitrogens with zero attached hydrogens (tertiary/aromatic N) is 2. The molecule has 0 atom stereocenters. The summed E-state index contributed by atoms with van der Waals surface area (Å²) in [5.74, 6) is 5.64. The monoisotopic (exact) mass is 361 g/mol. The Morgan fingerprint density at radius 2 is 1.92 bits per heavy atom. The van der Waals surface area contributed by atoms with Crippen LogP contribution in [0.3, 0.4) is 0 Å². The Hall–Kier alpha value is -2.52. The first kappa shape index (κ1) is 17.8. The summed E-state index contributed by atoms with van der Waals surface area (Å²) < 4.78 is 43.2. The number of benzene rings is 2. The van der Waals surface area contributed by atoms with E-state index in [1.807, 2.05) is 0 Å². The zero-order chi connectivity index (χ0) is 18.1. The van der Waals surface area contributed by atoms with Gasteiger partial charge in [-0.1, -0.05) is 11.6 Å². The minimum Gasteiger partial charge on any atom is -0.456 e. The van der Waals surface area contributed by atoms with Crippen LogP contribution in [-0.4, -0.2) is 12.0 Å². The molecule has 24 heavy (non-hydrogen) atoms. The topological polar surface area (TPSA) is 81.6 Å². The second-order valence-corrected chi connectivity index (χ2v) is 5.17. The Balaban J connectivity index is 2.35. The zero-order valence-corrected chi connectivity index (χ0v) is 12.9. The lowest BCUT2D eigenvalue weighted by atomic mass is 10.2. The van der Waals surface area contributed by atoms with Crippen molar-refractivity contribution in [1.29, 1.82) is 0 Å². The molecule has 10 heteroatoms. The van der Waals surface area contributed by atoms with Gasteiger partial charge in [-0.25, -0.2) is 5.84 Å². The highest BCUT2D eigenvalue weighted by Gasteiger charge is 2.31. The average Bonchev–Trinajstić information content (AvgIpc) is 2.47. The van der Waals surface area contributed by atoms with Crippen molar-refractivity contribution in [1.82, 2.24) is 0 Å². The van der Waals surface area contributed by atoms with Crippen LogP contribution >= 0.6 is 11.6 Å². The highest BCUT2D eigenvalue weighted by Crippen LogP contribution is 2.38. The molecule has 0 unspecified atom stereocenters. The van der Waals surface area contributed by atoms with Gasteiger partial charge in [-0.05, 0) is 24.3 Å². The minimum absolute atomic E-state index is 0.0239. The van der Waals surface area contributed by atoms with Gasteiger partial charge in [0.1, 0.15) is 17.2 Å². The van der Waals surface area contributed by atoms with E-state index in [0.717, 1.165) is 23.2 Å². The molecule has 6 nitrogen and oxygen atoms in total. The lowest BCUT2D eigenvalue weighted by Crippen LogP contribution is -2.25. The summed E-state index contributed by atoms with van der Waals surface area (Å²) in [5, 5.41) is 11.7. The lowest BCUT2D eigenvalue weighted by molar-refractivity contribution is -0.384. The molecule has 0 amide bonds. The zero-order valence-electron chi connectivity index (χ0n) is 12.2. The normalized spacial score (nSPS) is 11.2. The van der Waals surface area contributed by atoms with E-state index in [0.29, 0.717) is 0 Å². The molecule has 0 radical (unpaired) electrons. The number of alkyl halides is 3. The molecule has 2 rings (SSSR count). The number of nitro benzene ring substituents is 1. The number of ether oxygens (including phenoxy) is 1. The van der Waals surface area contributed by atoms with Gasteiger partial charge < -0.3 is 9.75 Å². The third kappa shape index (κ3) is 3.87. The van der Waals surface area contributed by atoms with E-state index in [1.54, 1.807) is 0 Å². The predicted octanol–water partition coefficient (Wildman–Crippen LogP) is 4.37. The van der Waals surface area contributed by atoms with Gasteiger partial charge in [0, 0.05) is 19.2 Å². The fourth-order valence-corrected chi connectivity index (χ4v) is 2.11. The van der Waals surface area contributed by atoms with E-state index >= 15 is 0 Å². The second kappa shape index (κ2) is 6.54. The van der Waals surface area contributed by atoms with E-state index in [9.17, 15) is 23.3 Å². The molecule has 2 N–H and O–H groups in total. The van der Waals surface area contributed by atoms with E-state index in [2.05, 4.69) is 0 Å². The average molecular weight is 362 g/mol. The van der Waals surface area contributed by atoms with E-state index in [-0.39, 0.29) is 27.9 Å². The summed E-state index contributed by atoms with van der Waals surface area (Å²) in [6.45, 7) is 0. The third-order valence-corrected chi connectivity index (χ3v) is 3.31. The van der Waals surface area contributed by atoms with Crippen LogP contribution in [0.1, 0.15) is 5.56 Å². The molecule has 2 aromatic carbocycles. The standard InChI is InChI=1S/C14H11ClF3N3O3/c1-20(19)12-7-9(3-4-11(12)21(22)23)24-13-5-2-8(6-10(13)15)14(16,17)18/h2-7H,19H2,1H3. The van der Waals surface area contributed by atoms with Gasteiger partial charge in [0.2, 0.25) is 0 Å². The molecule has 0 fully saturated rings. The largest absolute Gasteiger partial charge is 0.456 e. The van der Waals surface area contributed by atoms with Gasteiger partial charge in [-0.15, -0.1) is 0 Å². The number of nitro groups is 1. The quantitative estimate of drug-likeness (QED) is 0.497. The number of hydrogen-bond donors (Lipinski definition) is 1. The van der Waals surface area contributed by atoms with E-state index in [4.69, 9.17) is 22.2 Å². The number of halogens is 4. The van der Waals surface area contributed by atoms with Crippen LogP contribution in [0.5, 0.6) is 11.5 Å². The SMILES string of the molecule is CN(N)c1cc(Oc2ccc(C(F)(F)F)cc2Cl)ccc1[N+](=O)[O-]. The molecule has 128 valence electrons. The molecule has 0 heterocycles. The molecule has 0 spiro atoms. The predicted molar refractivity (Wildman–Crippen MR) is 82.2 cm³/mol. The molecular weight excluding hydrogens is 351 g/mol. The van der Waals surface area contributed by atoms with Crippen molar-refractivity contribution in [3.05, 3.63) is 57.1 Å². The van der Waals surface area contributed by atoms with Gasteiger partial charge in [-0.3, -0.25) is 10.1 Å². The van der Waals surface area contributed by atoms with Gasteiger partial charge >= 0.3 is 6.18 Å². The van der Waals surface area contributed by atoms with Crippen LogP contribution in [0.4, 0.5) is 24.5 Å². The molecule has 0 aliphatic heterocycles. The Kier molecular flexibility index (Phi) is 4.86. The number of anilines is 1. The molecule has 0 bridgehead atoms. The van der Waals surface area contributed by atoms with Gasteiger partial charge in [0.15, 0.2) is 0 Å². The summed E-state index contributed by atoms with van der Waals surface area (Å²) >= 11 is 5.80. The Labute approximate surface area is 139 Å². The third-order valence-electron chi connectivity index (χ3n) is 3.01. The van der Waals surface area contributed by atoms with Crippen molar-refractivity contribution in [2.45, 2.75) is 6.18 Å². The van der Waals surface area contributed by atoms with Crippen LogP contribution in [0.15, 0.2) is 36.4 Å². The maximum atomic E-state index is 12.6. The van der Waals surface area contributed by atoms with Crippen molar-refractivity contribution in [2.24, 2.45) is 5.84 Å². The van der Waals surface area contributed by atoms with Crippen molar-refractivity contribution in [2.75, 3.05) is 12.1 Å². The number of rotatable bonds is 4. The van der Waals surface area contributed by atoms with Gasteiger partial charge in [0.25, 0.3) is 5.69 Å². The van der Waals surface area contributed by atoms with E-state index < -0.39 is 16.7 Å².